The first kappa shape index (κ1) is 38.5. The van der Waals surface area contributed by atoms with Crippen molar-refractivity contribution < 1.29 is 37.9 Å². The molecule has 2 aromatic heterocycles. The number of carbonyl (C=O) groups excluding carboxylic acids is 3. The van der Waals surface area contributed by atoms with E-state index in [0.29, 0.717) is 69.2 Å². The second kappa shape index (κ2) is 16.8. The Morgan fingerprint density at radius 2 is 1.69 bits per heavy atom. The van der Waals surface area contributed by atoms with Crippen LogP contribution in [0.25, 0.3) is 22.4 Å². The number of benzene rings is 2. The highest BCUT2D eigenvalue weighted by molar-refractivity contribution is 6.34. The normalized spacial score (nSPS) is 13.9. The molecule has 0 spiro atoms. The number of methoxy groups -OCH3 is 1. The van der Waals surface area contributed by atoms with E-state index in [4.69, 9.17) is 16.3 Å². The van der Waals surface area contributed by atoms with Gasteiger partial charge in [-0.3, -0.25) is 19.1 Å². The third-order valence-corrected chi connectivity index (χ3v) is 9.48. The molecule has 16 heteroatoms. The number of rotatable bonds is 13. The van der Waals surface area contributed by atoms with Gasteiger partial charge in [0, 0.05) is 74.8 Å². The van der Waals surface area contributed by atoms with E-state index in [0.717, 1.165) is 4.90 Å². The van der Waals surface area contributed by atoms with Gasteiger partial charge in [0.2, 0.25) is 5.91 Å². The molecule has 4 aromatic rings. The van der Waals surface area contributed by atoms with Crippen LogP contribution in [-0.4, -0.2) is 119 Å². The number of piperazine rings is 1. The Hall–Kier alpha value is -4.70. The van der Waals surface area contributed by atoms with Crippen LogP contribution < -0.4 is 10.2 Å². The molecular formula is C36H44ClF2N8O5+. The van der Waals surface area contributed by atoms with Crippen LogP contribution in [0.5, 0.6) is 0 Å². The summed E-state index contributed by atoms with van der Waals surface area (Å²) in [5.41, 5.74) is 1.83. The van der Waals surface area contributed by atoms with Crippen molar-refractivity contribution in [2.24, 2.45) is 7.05 Å². The Morgan fingerprint density at radius 3 is 2.37 bits per heavy atom. The van der Waals surface area contributed by atoms with E-state index in [1.165, 1.54) is 54.3 Å². The molecule has 3 heterocycles. The Kier molecular flexibility index (Phi) is 12.4. The molecule has 0 unspecified atom stereocenters. The summed E-state index contributed by atoms with van der Waals surface area (Å²) in [7, 11) is 6.97. The second-order valence-corrected chi connectivity index (χ2v) is 13.5. The summed E-state index contributed by atoms with van der Waals surface area (Å²) < 4.78 is 39.0. The minimum Gasteiger partial charge on any atom is -0.387 e. The number of aliphatic hydroxyl groups is 1. The van der Waals surface area contributed by atoms with Crippen LogP contribution in [0.15, 0.2) is 42.7 Å². The Labute approximate surface area is 305 Å². The Balaban J connectivity index is 1.21. The number of nitrogens with zero attached hydrogens (tertiary/aromatic N) is 6. The molecule has 278 valence electrons. The van der Waals surface area contributed by atoms with Crippen LogP contribution in [0, 0.1) is 18.6 Å². The van der Waals surface area contributed by atoms with Crippen molar-refractivity contribution in [3.63, 3.8) is 0 Å². The largest absolute Gasteiger partial charge is 0.387 e. The highest BCUT2D eigenvalue weighted by Crippen LogP contribution is 2.33. The quantitative estimate of drug-likeness (QED) is 0.192. The highest BCUT2D eigenvalue weighted by Gasteiger charge is 2.27. The minimum absolute atomic E-state index is 0.0541. The summed E-state index contributed by atoms with van der Waals surface area (Å²) in [6, 6.07) is 7.40. The van der Waals surface area contributed by atoms with Gasteiger partial charge in [-0.15, -0.1) is 0 Å². The predicted octanol–water partition coefficient (Wildman–Crippen LogP) is 2.66. The lowest BCUT2D eigenvalue weighted by molar-refractivity contribution is -0.861. The van der Waals surface area contributed by atoms with Gasteiger partial charge in [-0.1, -0.05) is 17.7 Å². The molecule has 1 fully saturated rings. The first-order valence-electron chi connectivity index (χ1n) is 17.0. The van der Waals surface area contributed by atoms with Crippen LogP contribution in [0.2, 0.25) is 5.02 Å². The van der Waals surface area contributed by atoms with Gasteiger partial charge in [-0.05, 0) is 37.6 Å². The van der Waals surface area contributed by atoms with Crippen molar-refractivity contribution in [1.82, 2.24) is 29.1 Å². The van der Waals surface area contributed by atoms with Gasteiger partial charge in [0.25, 0.3) is 11.8 Å². The number of imidazole rings is 1. The molecule has 0 aliphatic carbocycles. The Bertz CT molecular complexity index is 1940. The summed E-state index contributed by atoms with van der Waals surface area (Å²) >= 11 is 6.50. The van der Waals surface area contributed by atoms with Gasteiger partial charge in [-0.25, -0.2) is 13.8 Å². The maximum Gasteiger partial charge on any atom is 0.291 e. The van der Waals surface area contributed by atoms with Crippen molar-refractivity contribution in [3.8, 4) is 22.4 Å². The van der Waals surface area contributed by atoms with Crippen LogP contribution in [0.3, 0.4) is 0 Å². The van der Waals surface area contributed by atoms with E-state index in [1.54, 1.807) is 28.5 Å². The summed E-state index contributed by atoms with van der Waals surface area (Å²) in [4.78, 5) is 47.8. The smallest absolute Gasteiger partial charge is 0.291 e. The molecule has 5 rings (SSSR count). The van der Waals surface area contributed by atoms with Crippen LogP contribution >= 0.6 is 11.6 Å². The summed E-state index contributed by atoms with van der Waals surface area (Å²) in [6.07, 6.45) is 2.86. The number of hydrogen-bond acceptors (Lipinski definition) is 7. The van der Waals surface area contributed by atoms with E-state index in [9.17, 15) is 19.5 Å². The van der Waals surface area contributed by atoms with Crippen molar-refractivity contribution >= 4 is 35.0 Å². The third kappa shape index (κ3) is 8.49. The summed E-state index contributed by atoms with van der Waals surface area (Å²) in [5.74, 6) is -3.19. The van der Waals surface area contributed by atoms with Gasteiger partial charge >= 0.3 is 0 Å². The molecule has 1 atom stereocenters. The SMILES string of the molecule is COCCn1ncc(-c2ccc(-c3cnc(C(=O)Nc4ccc(C(=O)N5CCN(C(=O)CC[C@@H](O)C[NH+](C)C)CC5)c(Cl)c4)n3C)c(F)c2F)c1C. The monoisotopic (exact) mass is 741 g/mol. The van der Waals surface area contributed by atoms with Crippen molar-refractivity contribution in [2.75, 3.05) is 65.9 Å². The number of carbonyl (C=O) groups is 3. The van der Waals surface area contributed by atoms with Crippen molar-refractivity contribution in [3.05, 3.63) is 76.5 Å². The number of aliphatic hydroxyl groups excluding tert-OH is 1. The number of quaternary nitrogens is 1. The van der Waals surface area contributed by atoms with Gasteiger partial charge in [0.05, 0.1) is 55.9 Å². The minimum atomic E-state index is -1.09. The molecule has 0 bridgehead atoms. The number of anilines is 1. The van der Waals surface area contributed by atoms with Crippen LogP contribution in [0.1, 0.15) is 39.5 Å². The van der Waals surface area contributed by atoms with Gasteiger partial charge in [0.15, 0.2) is 17.5 Å². The third-order valence-electron chi connectivity index (χ3n) is 9.16. The molecule has 3 amide bonds. The number of ether oxygens (including phenoxy) is 1. The first-order chi connectivity index (χ1) is 24.8. The lowest BCUT2D eigenvalue weighted by Crippen LogP contribution is -3.07. The van der Waals surface area contributed by atoms with E-state index >= 15 is 8.78 Å². The van der Waals surface area contributed by atoms with Gasteiger partial charge in [-0.2, -0.15) is 5.10 Å². The van der Waals surface area contributed by atoms with E-state index in [-0.39, 0.29) is 51.5 Å². The lowest BCUT2D eigenvalue weighted by Gasteiger charge is -2.35. The number of nitrogens with one attached hydrogen (secondary N) is 2. The fraction of sp³-hybridized carbons (Fsp3) is 0.417. The zero-order chi connectivity index (χ0) is 37.7. The number of halogens is 3. The fourth-order valence-electron chi connectivity index (χ4n) is 6.24. The molecule has 0 saturated carbocycles. The highest BCUT2D eigenvalue weighted by atomic mass is 35.5. The molecular weight excluding hydrogens is 698 g/mol. The van der Waals surface area contributed by atoms with Gasteiger partial charge in [0.1, 0.15) is 12.6 Å². The first-order valence-corrected chi connectivity index (χ1v) is 17.3. The van der Waals surface area contributed by atoms with Crippen molar-refractivity contribution in [1.29, 1.82) is 0 Å². The van der Waals surface area contributed by atoms with Gasteiger partial charge < -0.3 is 34.4 Å². The average Bonchev–Trinajstić information content (AvgIpc) is 3.68. The average molecular weight is 742 g/mol. The van der Waals surface area contributed by atoms with E-state index < -0.39 is 23.6 Å². The molecule has 0 radical (unpaired) electrons. The molecule has 2 aromatic carbocycles. The number of amides is 3. The molecule has 3 N–H and O–H groups in total. The summed E-state index contributed by atoms with van der Waals surface area (Å²) in [6.45, 7) is 4.62. The zero-order valence-electron chi connectivity index (χ0n) is 29.9. The maximum atomic E-state index is 15.5. The van der Waals surface area contributed by atoms with E-state index in [1.807, 2.05) is 14.1 Å². The van der Waals surface area contributed by atoms with Crippen molar-refractivity contribution in [2.45, 2.75) is 32.4 Å². The second-order valence-electron chi connectivity index (χ2n) is 13.1. The molecule has 52 heavy (non-hydrogen) atoms. The number of likely N-dealkylation sites (N-methyl/N-ethyl adjacent to an activating group) is 1. The fourth-order valence-corrected chi connectivity index (χ4v) is 6.51. The number of hydrogen-bond donors (Lipinski definition) is 3. The standard InChI is InChI=1S/C36H43ClF2N8O5/c1-22-28(19-41-47(22)16-17-52-5)25-9-10-27(33(39)32(25)38)30-20-40-34(44(30)4)35(50)42-23-6-8-26(29(37)18-23)36(51)46-14-12-45(13-15-46)31(49)11-7-24(48)21-43(2)3/h6,8-10,18-20,24,48H,7,11-17,21H2,1-5H3,(H,42,50)/p+1/t24-/m1/s1. The van der Waals surface area contributed by atoms with Crippen LogP contribution in [0.4, 0.5) is 14.5 Å². The molecule has 13 nitrogen and oxygen atoms in total. The molecule has 1 aliphatic heterocycles. The zero-order valence-corrected chi connectivity index (χ0v) is 30.6. The lowest BCUT2D eigenvalue weighted by atomic mass is 10.0. The topological polar surface area (TPSA) is 139 Å². The van der Waals surface area contributed by atoms with E-state index in [2.05, 4.69) is 15.4 Å². The molecule has 1 aliphatic rings. The maximum absolute atomic E-state index is 15.5. The molecule has 1 saturated heterocycles. The van der Waals surface area contributed by atoms with Crippen LogP contribution in [-0.2, 0) is 23.1 Å². The summed E-state index contributed by atoms with van der Waals surface area (Å²) in [5, 5.41) is 17.2. The Morgan fingerprint density at radius 1 is 1.02 bits per heavy atom. The number of aromatic nitrogens is 4. The predicted molar refractivity (Wildman–Crippen MR) is 191 cm³/mol.